The monoisotopic (exact) mass is 492 g/mol. The van der Waals surface area contributed by atoms with Gasteiger partial charge in [0.15, 0.2) is 18.2 Å². The maximum absolute atomic E-state index is 12.5. The van der Waals surface area contributed by atoms with Gasteiger partial charge in [0.25, 0.3) is 5.91 Å². The van der Waals surface area contributed by atoms with Crippen LogP contribution in [0.25, 0.3) is 11.3 Å². The summed E-state index contributed by atoms with van der Waals surface area (Å²) in [7, 11) is 0. The number of piperidine rings is 1. The Kier molecular flexibility index (Phi) is 7.50. The zero-order valence-electron chi connectivity index (χ0n) is 20.5. The van der Waals surface area contributed by atoms with Gasteiger partial charge in [-0.25, -0.2) is 0 Å². The third-order valence-electron chi connectivity index (χ3n) is 6.30. The first kappa shape index (κ1) is 24.2. The van der Waals surface area contributed by atoms with Crippen LogP contribution in [0.4, 0.5) is 11.5 Å². The molecule has 1 aromatic heterocycles. The van der Waals surface area contributed by atoms with Gasteiger partial charge in [-0.3, -0.25) is 9.59 Å². The summed E-state index contributed by atoms with van der Waals surface area (Å²) in [5.41, 5.74) is 3.46. The van der Waals surface area contributed by atoms with Crippen molar-refractivity contribution in [2.45, 2.75) is 19.3 Å². The molecular formula is C30H28N4O3. The number of ketones is 1. The van der Waals surface area contributed by atoms with Crippen LogP contribution in [0, 0.1) is 0 Å². The maximum Gasteiger partial charge on any atom is 0.262 e. The molecule has 186 valence electrons. The second-order valence-corrected chi connectivity index (χ2v) is 8.96. The predicted molar refractivity (Wildman–Crippen MR) is 144 cm³/mol. The molecule has 3 aromatic carbocycles. The molecule has 5 rings (SSSR count). The highest BCUT2D eigenvalue weighted by Gasteiger charge is 2.13. The van der Waals surface area contributed by atoms with E-state index in [4.69, 9.17) is 4.74 Å². The van der Waals surface area contributed by atoms with Crippen LogP contribution >= 0.6 is 0 Å². The molecule has 1 amide bonds. The summed E-state index contributed by atoms with van der Waals surface area (Å²) < 4.78 is 5.62. The molecule has 7 heteroatoms. The van der Waals surface area contributed by atoms with Crippen LogP contribution in [0.15, 0.2) is 91.0 Å². The topological polar surface area (TPSA) is 84.4 Å². The van der Waals surface area contributed by atoms with Gasteiger partial charge in [0.2, 0.25) is 0 Å². The zero-order chi connectivity index (χ0) is 25.5. The van der Waals surface area contributed by atoms with Crippen LogP contribution in [-0.2, 0) is 4.79 Å². The van der Waals surface area contributed by atoms with E-state index in [9.17, 15) is 9.59 Å². The van der Waals surface area contributed by atoms with Crippen molar-refractivity contribution in [3.63, 3.8) is 0 Å². The van der Waals surface area contributed by atoms with Crippen LogP contribution < -0.4 is 15.0 Å². The summed E-state index contributed by atoms with van der Waals surface area (Å²) in [4.78, 5) is 27.3. The predicted octanol–water partition coefficient (Wildman–Crippen LogP) is 5.38. The Bertz CT molecular complexity index is 1350. The molecule has 0 aliphatic carbocycles. The molecule has 0 bridgehead atoms. The molecule has 0 atom stereocenters. The number of rotatable bonds is 8. The summed E-state index contributed by atoms with van der Waals surface area (Å²) in [6.45, 7) is 1.89. The number of carbonyl (C=O) groups excluding carboxylic acids is 2. The van der Waals surface area contributed by atoms with E-state index in [2.05, 4.69) is 20.4 Å². The van der Waals surface area contributed by atoms with Gasteiger partial charge in [-0.2, -0.15) is 0 Å². The highest BCUT2D eigenvalue weighted by Crippen LogP contribution is 2.23. The van der Waals surface area contributed by atoms with Gasteiger partial charge in [0.05, 0.1) is 5.69 Å². The lowest BCUT2D eigenvalue weighted by Gasteiger charge is -2.27. The molecule has 37 heavy (non-hydrogen) atoms. The fourth-order valence-corrected chi connectivity index (χ4v) is 4.33. The van der Waals surface area contributed by atoms with Crippen molar-refractivity contribution in [1.29, 1.82) is 0 Å². The Morgan fingerprint density at radius 3 is 2.27 bits per heavy atom. The second kappa shape index (κ2) is 11.5. The number of benzene rings is 3. The number of anilines is 2. The Morgan fingerprint density at radius 2 is 1.54 bits per heavy atom. The molecular weight excluding hydrogens is 464 g/mol. The summed E-state index contributed by atoms with van der Waals surface area (Å²) in [6, 6.07) is 27.3. The first-order valence-electron chi connectivity index (χ1n) is 12.5. The molecule has 0 saturated carbocycles. The number of amides is 1. The van der Waals surface area contributed by atoms with E-state index >= 15 is 0 Å². The van der Waals surface area contributed by atoms with Crippen molar-refractivity contribution in [2.75, 3.05) is 29.9 Å². The van der Waals surface area contributed by atoms with Gasteiger partial charge in [0.1, 0.15) is 5.75 Å². The fourth-order valence-electron chi connectivity index (χ4n) is 4.33. The lowest BCUT2D eigenvalue weighted by molar-refractivity contribution is -0.118. The minimum absolute atomic E-state index is 0.0596. The van der Waals surface area contributed by atoms with E-state index in [0.717, 1.165) is 30.2 Å². The highest BCUT2D eigenvalue weighted by molar-refractivity contribution is 6.09. The van der Waals surface area contributed by atoms with Crippen molar-refractivity contribution in [3.05, 3.63) is 102 Å². The van der Waals surface area contributed by atoms with Crippen molar-refractivity contribution in [2.24, 2.45) is 0 Å². The Balaban J connectivity index is 1.15. The maximum atomic E-state index is 12.5. The second-order valence-electron chi connectivity index (χ2n) is 8.96. The van der Waals surface area contributed by atoms with E-state index in [1.54, 1.807) is 36.4 Å². The molecule has 4 aromatic rings. The molecule has 2 heterocycles. The number of hydrogen-bond acceptors (Lipinski definition) is 6. The van der Waals surface area contributed by atoms with Crippen molar-refractivity contribution in [3.8, 4) is 17.0 Å². The van der Waals surface area contributed by atoms with E-state index in [1.165, 1.54) is 19.3 Å². The van der Waals surface area contributed by atoms with Gasteiger partial charge < -0.3 is 15.0 Å². The van der Waals surface area contributed by atoms with Crippen LogP contribution in [0.5, 0.6) is 5.75 Å². The third kappa shape index (κ3) is 6.19. The first-order valence-corrected chi connectivity index (χ1v) is 12.5. The number of carbonyl (C=O) groups is 2. The standard InChI is InChI=1S/C30H28N4O3/c35-29(21-37-26-14-12-23(13-15-26)30(36)22-8-3-1-4-9-22)31-25-11-7-10-24(20-25)27-16-17-28(33-32-27)34-18-5-2-6-19-34/h1,3-4,7-17,20H,2,5-6,18-19,21H2,(H,31,35). The normalized spacial score (nSPS) is 13.1. The van der Waals surface area contributed by atoms with E-state index in [0.29, 0.717) is 22.6 Å². The molecule has 7 nitrogen and oxygen atoms in total. The van der Waals surface area contributed by atoms with Gasteiger partial charge in [-0.15, -0.1) is 10.2 Å². The smallest absolute Gasteiger partial charge is 0.262 e. The van der Waals surface area contributed by atoms with Crippen LogP contribution in [-0.4, -0.2) is 41.6 Å². The lowest BCUT2D eigenvalue weighted by atomic mass is 10.0. The zero-order valence-corrected chi connectivity index (χ0v) is 20.5. The average Bonchev–Trinajstić information content (AvgIpc) is 2.97. The summed E-state index contributed by atoms with van der Waals surface area (Å²) in [6.07, 6.45) is 3.65. The highest BCUT2D eigenvalue weighted by atomic mass is 16.5. The molecule has 1 N–H and O–H groups in total. The number of hydrogen-bond donors (Lipinski definition) is 1. The van der Waals surface area contributed by atoms with Crippen molar-refractivity contribution >= 4 is 23.2 Å². The number of aromatic nitrogens is 2. The van der Waals surface area contributed by atoms with Crippen LogP contribution in [0.1, 0.15) is 35.2 Å². The van der Waals surface area contributed by atoms with Crippen LogP contribution in [0.2, 0.25) is 0 Å². The molecule has 1 aliphatic rings. The minimum atomic E-state index is -0.284. The fraction of sp³-hybridized carbons (Fsp3) is 0.200. The average molecular weight is 493 g/mol. The minimum Gasteiger partial charge on any atom is -0.484 e. The molecule has 0 radical (unpaired) electrons. The molecule has 1 saturated heterocycles. The summed E-state index contributed by atoms with van der Waals surface area (Å²) in [5.74, 6) is 1.07. The van der Waals surface area contributed by atoms with Gasteiger partial charge in [0, 0.05) is 35.5 Å². The van der Waals surface area contributed by atoms with E-state index in [1.807, 2.05) is 54.6 Å². The number of nitrogens with zero attached hydrogens (tertiary/aromatic N) is 3. The van der Waals surface area contributed by atoms with Crippen LogP contribution in [0.3, 0.4) is 0 Å². The number of ether oxygens (including phenoxy) is 1. The third-order valence-corrected chi connectivity index (χ3v) is 6.30. The quantitative estimate of drug-likeness (QED) is 0.332. The summed E-state index contributed by atoms with van der Waals surface area (Å²) >= 11 is 0. The summed E-state index contributed by atoms with van der Waals surface area (Å²) in [5, 5.41) is 11.7. The largest absolute Gasteiger partial charge is 0.484 e. The van der Waals surface area contributed by atoms with E-state index in [-0.39, 0.29) is 18.3 Å². The SMILES string of the molecule is O=C(COc1ccc(C(=O)c2ccccc2)cc1)Nc1cccc(-c2ccc(N3CCCCC3)nn2)c1. The molecule has 1 aliphatic heterocycles. The Morgan fingerprint density at radius 1 is 0.784 bits per heavy atom. The van der Waals surface area contributed by atoms with Gasteiger partial charge in [-0.1, -0.05) is 42.5 Å². The van der Waals surface area contributed by atoms with Crippen molar-refractivity contribution < 1.29 is 14.3 Å². The molecule has 0 unspecified atom stereocenters. The molecule has 1 fully saturated rings. The van der Waals surface area contributed by atoms with Crippen molar-refractivity contribution in [1.82, 2.24) is 10.2 Å². The van der Waals surface area contributed by atoms with E-state index < -0.39 is 0 Å². The first-order chi connectivity index (χ1) is 18.2. The van der Waals surface area contributed by atoms with Gasteiger partial charge >= 0.3 is 0 Å². The Hall–Kier alpha value is -4.52. The Labute approximate surface area is 216 Å². The molecule has 0 spiro atoms. The lowest BCUT2D eigenvalue weighted by Crippen LogP contribution is -2.30. The number of nitrogens with one attached hydrogen (secondary N) is 1. The van der Waals surface area contributed by atoms with Gasteiger partial charge in [-0.05, 0) is 67.8 Å².